The first-order valence-corrected chi connectivity index (χ1v) is 37.2. The topological polar surface area (TPSA) is 307 Å². The first kappa shape index (κ1) is 84.2. The summed E-state index contributed by atoms with van der Waals surface area (Å²) in [5, 5.41) is 121. The summed E-state index contributed by atoms with van der Waals surface area (Å²) in [6.07, 6.45) is 38.4. The molecule has 3 heterocycles. The third-order valence-electron chi connectivity index (χ3n) is 18.7. The van der Waals surface area contributed by atoms with Crippen molar-refractivity contribution < 1.29 is 89.4 Å². The van der Waals surface area contributed by atoms with Crippen LogP contribution in [0.4, 0.5) is 0 Å². The molecule has 0 saturated carbocycles. The van der Waals surface area contributed by atoms with Crippen LogP contribution in [0.3, 0.4) is 0 Å². The van der Waals surface area contributed by atoms with E-state index in [1.807, 2.05) is 6.08 Å². The Labute approximate surface area is 555 Å². The Morgan fingerprint density at radius 3 is 1.11 bits per heavy atom. The number of hydrogen-bond donors (Lipinski definition) is 12. The predicted octanol–water partition coefficient (Wildman–Crippen LogP) is 10.8. The van der Waals surface area contributed by atoms with Gasteiger partial charge in [0.1, 0.15) is 73.2 Å². The van der Waals surface area contributed by atoms with Crippen molar-refractivity contribution in [2.45, 2.75) is 394 Å². The normalized spacial score (nSPS) is 27.9. The van der Waals surface area contributed by atoms with Crippen molar-refractivity contribution in [3.8, 4) is 0 Å². The van der Waals surface area contributed by atoms with Crippen molar-refractivity contribution in [1.82, 2.24) is 5.32 Å². The van der Waals surface area contributed by atoms with E-state index in [9.17, 15) is 61.0 Å². The van der Waals surface area contributed by atoms with Gasteiger partial charge in [0, 0.05) is 6.42 Å². The Hall–Kier alpha value is -1.99. The van der Waals surface area contributed by atoms with E-state index in [1.54, 1.807) is 6.08 Å². The Morgan fingerprint density at radius 2 is 0.717 bits per heavy atom. The maximum Gasteiger partial charge on any atom is 0.220 e. The van der Waals surface area contributed by atoms with E-state index in [0.29, 0.717) is 6.42 Å². The van der Waals surface area contributed by atoms with E-state index in [2.05, 4.69) is 43.5 Å². The average Bonchev–Trinajstić information content (AvgIpc) is 0.834. The van der Waals surface area contributed by atoms with Crippen LogP contribution in [0.5, 0.6) is 0 Å². The largest absolute Gasteiger partial charge is 0.394 e. The molecular formula is C73H135NO18. The molecule has 17 unspecified atom stereocenters. The standard InChI is InChI=1S/C73H135NO18/c1-3-5-7-9-11-13-15-17-19-21-22-23-24-25-26-27-28-29-30-31-32-33-34-35-37-39-41-43-45-47-49-51-61(79)74-56(57(78)50-48-46-44-42-40-38-36-20-18-16-14-12-10-8-6-4-2)55-87-71-67(85)64(82)69(59(53-76)89-71)92-73-68(86)65(83)70(60(54-77)90-73)91-72-66(84)63(81)62(80)58(52-75)88-72/h15,17,21-22,48,50,56-60,62-73,75-78,80-86H,3-14,16,18-20,23-47,49,51-55H2,1-2H3,(H,74,79)/b17-15-,22-21-,50-48+. The maximum atomic E-state index is 13.4. The summed E-state index contributed by atoms with van der Waals surface area (Å²) < 4.78 is 34.4. The zero-order valence-corrected chi connectivity index (χ0v) is 57.3. The molecule has 12 N–H and O–H groups in total. The SMILES string of the molecule is CCCCCCC/C=C\C/C=C\CCCCCCCCCCCCCCCCCCCCCC(=O)NC(COC1OC(CO)C(OC2OC(CO)C(OC3OC(CO)C(O)C(O)C3O)C(O)C2O)C(O)C1O)C(O)/C=C/CCCCCCCCCCCCCCCC. The number of aliphatic hydroxyl groups excluding tert-OH is 11. The van der Waals surface area contributed by atoms with Crippen LogP contribution in [0.25, 0.3) is 0 Å². The minimum atomic E-state index is -1.98. The molecule has 3 aliphatic rings. The molecule has 3 rings (SSSR count). The number of aliphatic hydroxyl groups is 11. The Balaban J connectivity index is 1.37. The minimum Gasteiger partial charge on any atom is -0.394 e. The fourth-order valence-corrected chi connectivity index (χ4v) is 12.6. The summed E-state index contributed by atoms with van der Waals surface area (Å²) in [6, 6.07) is -0.971. The van der Waals surface area contributed by atoms with Gasteiger partial charge in [-0.1, -0.05) is 269 Å². The maximum absolute atomic E-state index is 13.4. The van der Waals surface area contributed by atoms with Crippen LogP contribution in [-0.2, 0) is 33.2 Å². The molecule has 0 aromatic carbocycles. The van der Waals surface area contributed by atoms with E-state index in [4.69, 9.17) is 28.4 Å². The highest BCUT2D eigenvalue weighted by Crippen LogP contribution is 2.33. The molecule has 19 nitrogen and oxygen atoms in total. The summed E-state index contributed by atoms with van der Waals surface area (Å²) in [5.41, 5.74) is 0. The van der Waals surface area contributed by atoms with E-state index in [0.717, 1.165) is 51.4 Å². The van der Waals surface area contributed by atoms with Gasteiger partial charge >= 0.3 is 0 Å². The van der Waals surface area contributed by atoms with Gasteiger partial charge in [0.15, 0.2) is 18.9 Å². The molecule has 0 aromatic heterocycles. The van der Waals surface area contributed by atoms with Gasteiger partial charge in [-0.2, -0.15) is 0 Å². The highest BCUT2D eigenvalue weighted by molar-refractivity contribution is 5.76. The molecule has 1 amide bonds. The number of unbranched alkanes of at least 4 members (excludes halogenated alkanes) is 38. The summed E-state index contributed by atoms with van der Waals surface area (Å²) in [4.78, 5) is 13.4. The Kier molecular flexibility index (Phi) is 50.3. The van der Waals surface area contributed by atoms with Gasteiger partial charge in [-0.3, -0.25) is 4.79 Å². The molecule has 92 heavy (non-hydrogen) atoms. The van der Waals surface area contributed by atoms with Crippen molar-refractivity contribution in [3.63, 3.8) is 0 Å². The second-order valence-electron chi connectivity index (χ2n) is 26.8. The lowest BCUT2D eigenvalue weighted by Gasteiger charge is -2.48. The molecule has 3 fully saturated rings. The first-order valence-electron chi connectivity index (χ1n) is 37.2. The highest BCUT2D eigenvalue weighted by Gasteiger charge is 2.53. The van der Waals surface area contributed by atoms with Crippen LogP contribution in [0.2, 0.25) is 0 Å². The van der Waals surface area contributed by atoms with Gasteiger partial charge in [-0.05, 0) is 51.4 Å². The molecule has 3 aliphatic heterocycles. The zero-order chi connectivity index (χ0) is 66.8. The van der Waals surface area contributed by atoms with E-state index < -0.39 is 124 Å². The van der Waals surface area contributed by atoms with Crippen molar-refractivity contribution in [2.24, 2.45) is 0 Å². The van der Waals surface area contributed by atoms with E-state index in [-0.39, 0.29) is 18.9 Å². The molecule has 0 bridgehead atoms. The van der Waals surface area contributed by atoms with Crippen molar-refractivity contribution >= 4 is 5.91 Å². The summed E-state index contributed by atoms with van der Waals surface area (Å²) >= 11 is 0. The summed E-state index contributed by atoms with van der Waals surface area (Å²) in [6.45, 7) is 1.75. The smallest absolute Gasteiger partial charge is 0.220 e. The van der Waals surface area contributed by atoms with Crippen LogP contribution in [0, 0.1) is 0 Å². The molecule has 540 valence electrons. The molecular weight excluding hydrogens is 1180 g/mol. The molecule has 0 spiro atoms. The second kappa shape index (κ2) is 55.0. The van der Waals surface area contributed by atoms with Crippen LogP contribution in [-0.4, -0.2) is 193 Å². The van der Waals surface area contributed by atoms with Gasteiger partial charge in [0.2, 0.25) is 5.91 Å². The fraction of sp³-hybridized carbons (Fsp3) is 0.904. The van der Waals surface area contributed by atoms with Gasteiger partial charge in [-0.15, -0.1) is 0 Å². The average molecular weight is 1310 g/mol. The molecule has 0 aromatic rings. The number of allylic oxidation sites excluding steroid dienone is 5. The third kappa shape index (κ3) is 36.0. The molecule has 19 heteroatoms. The van der Waals surface area contributed by atoms with E-state index in [1.165, 1.54) is 212 Å². The van der Waals surface area contributed by atoms with Gasteiger partial charge in [-0.25, -0.2) is 0 Å². The number of carbonyl (C=O) groups excluding carboxylic acids is 1. The lowest BCUT2D eigenvalue weighted by atomic mass is 9.96. The quantitative estimate of drug-likeness (QED) is 0.0199. The lowest BCUT2D eigenvalue weighted by molar-refractivity contribution is -0.379. The van der Waals surface area contributed by atoms with Crippen molar-refractivity contribution in [1.29, 1.82) is 0 Å². The lowest BCUT2D eigenvalue weighted by Crippen LogP contribution is -2.66. The number of carbonyl (C=O) groups is 1. The van der Waals surface area contributed by atoms with Crippen molar-refractivity contribution in [3.05, 3.63) is 36.5 Å². The van der Waals surface area contributed by atoms with Crippen LogP contribution in [0.15, 0.2) is 36.5 Å². The van der Waals surface area contributed by atoms with Gasteiger partial charge < -0.3 is 89.9 Å². The highest BCUT2D eigenvalue weighted by atomic mass is 16.8. The zero-order valence-electron chi connectivity index (χ0n) is 57.3. The number of rotatable bonds is 58. The van der Waals surface area contributed by atoms with Crippen LogP contribution >= 0.6 is 0 Å². The van der Waals surface area contributed by atoms with Gasteiger partial charge in [0.25, 0.3) is 0 Å². The Morgan fingerprint density at radius 1 is 0.391 bits per heavy atom. The van der Waals surface area contributed by atoms with E-state index >= 15 is 0 Å². The van der Waals surface area contributed by atoms with Crippen LogP contribution < -0.4 is 5.32 Å². The number of ether oxygens (including phenoxy) is 6. The van der Waals surface area contributed by atoms with Gasteiger partial charge in [0.05, 0.1) is 38.6 Å². The molecule has 3 saturated heterocycles. The summed E-state index contributed by atoms with van der Waals surface area (Å²) in [7, 11) is 0. The predicted molar refractivity (Wildman–Crippen MR) is 360 cm³/mol. The monoisotopic (exact) mass is 1310 g/mol. The second-order valence-corrected chi connectivity index (χ2v) is 26.8. The molecule has 17 atom stereocenters. The minimum absolute atomic E-state index is 0.246. The van der Waals surface area contributed by atoms with Crippen LogP contribution in [0.1, 0.15) is 290 Å². The number of amides is 1. The first-order chi connectivity index (χ1) is 44.8. The fourth-order valence-electron chi connectivity index (χ4n) is 12.6. The summed E-state index contributed by atoms with van der Waals surface area (Å²) in [5.74, 6) is -0.271. The molecule has 0 radical (unpaired) electrons. The third-order valence-corrected chi connectivity index (χ3v) is 18.7. The Bertz CT molecular complexity index is 1810. The number of hydrogen-bond acceptors (Lipinski definition) is 18. The number of nitrogens with one attached hydrogen (secondary N) is 1. The molecule has 0 aliphatic carbocycles. The van der Waals surface area contributed by atoms with Crippen molar-refractivity contribution in [2.75, 3.05) is 26.4 Å².